The Labute approximate surface area is 167 Å². The smallest absolute Gasteiger partial charge is 0.276 e. The van der Waals surface area contributed by atoms with Gasteiger partial charge in [-0.1, -0.05) is 28.7 Å². The van der Waals surface area contributed by atoms with Crippen LogP contribution in [-0.4, -0.2) is 56.2 Å². The maximum absolute atomic E-state index is 5.51. The highest BCUT2D eigenvalue weighted by Gasteiger charge is 2.38. The first kappa shape index (κ1) is 29.5. The van der Waals surface area contributed by atoms with Crippen molar-refractivity contribution in [3.8, 4) is 0 Å². The van der Waals surface area contributed by atoms with Crippen LogP contribution in [0.1, 0.15) is 42.5 Å². The average Bonchev–Trinajstić information content (AvgIpc) is 3.21. The van der Waals surface area contributed by atoms with Gasteiger partial charge in [-0.2, -0.15) is 4.44 Å². The van der Waals surface area contributed by atoms with Gasteiger partial charge in [0.25, 0.3) is 24.8 Å². The summed E-state index contributed by atoms with van der Waals surface area (Å²) >= 11 is 5.33. The van der Waals surface area contributed by atoms with E-state index in [9.17, 15) is 0 Å². The molecule has 8 nitrogen and oxygen atoms in total. The summed E-state index contributed by atoms with van der Waals surface area (Å²) in [6, 6.07) is 0.656. The maximum Gasteiger partial charge on any atom is 0.276 e. The predicted molar refractivity (Wildman–Crippen MR) is 112 cm³/mol. The zero-order valence-electron chi connectivity index (χ0n) is 14.6. The zero-order chi connectivity index (χ0) is 17.9. The van der Waals surface area contributed by atoms with Crippen LogP contribution < -0.4 is 5.73 Å². The molecule has 3 heterocycles. The van der Waals surface area contributed by atoms with E-state index in [0.29, 0.717) is 51.7 Å². The first-order valence-corrected chi connectivity index (χ1v) is 12.1. The Hall–Kier alpha value is 1.26. The summed E-state index contributed by atoms with van der Waals surface area (Å²) in [5, 5.41) is 0. The molecule has 3 fully saturated rings. The van der Waals surface area contributed by atoms with E-state index in [1.165, 1.54) is 0 Å². The molecule has 2 N–H and O–H groups in total. The summed E-state index contributed by atoms with van der Waals surface area (Å²) in [4.78, 5) is 0. The van der Waals surface area contributed by atoms with Crippen LogP contribution in [-0.2, 0) is 27.1 Å². The molecule has 0 amide bonds. The summed E-state index contributed by atoms with van der Waals surface area (Å²) in [6.45, 7) is 12.1. The fourth-order valence-corrected chi connectivity index (χ4v) is 5.79. The van der Waals surface area contributed by atoms with E-state index in [1.807, 2.05) is 13.8 Å². The lowest BCUT2D eigenvalue weighted by molar-refractivity contribution is 0.323. The Morgan fingerprint density at radius 2 is 1.00 bits per heavy atom. The minimum absolute atomic E-state index is 0. The zero-order valence-corrected chi connectivity index (χ0v) is 18.0. The Kier molecular flexibility index (Phi) is 19.4. The molecule has 0 saturated carbocycles. The third-order valence-corrected chi connectivity index (χ3v) is 7.68. The van der Waals surface area contributed by atoms with E-state index in [1.54, 1.807) is 0 Å². The molecule has 0 aliphatic carbocycles. The first-order chi connectivity index (χ1) is 11.4. The molecule has 3 rings (SSSR count). The number of nitrogens with two attached hydrogens (primary N) is 1. The van der Waals surface area contributed by atoms with E-state index in [0.717, 1.165) is 0 Å². The van der Waals surface area contributed by atoms with Gasteiger partial charge < -0.3 is 32.9 Å². The largest absolute Gasteiger partial charge is 0.328 e. The van der Waals surface area contributed by atoms with Crippen molar-refractivity contribution in [2.75, 3.05) is 39.6 Å². The fourth-order valence-electron chi connectivity index (χ4n) is 1.46. The van der Waals surface area contributed by atoms with Gasteiger partial charge in [0.05, 0.1) is 39.6 Å². The molecule has 3 saturated heterocycles. The van der Waals surface area contributed by atoms with Crippen LogP contribution in [0.15, 0.2) is 0 Å². The van der Waals surface area contributed by atoms with Gasteiger partial charge in [0, 0.05) is 6.04 Å². The van der Waals surface area contributed by atoms with Gasteiger partial charge in [-0.25, -0.2) is 0 Å². The van der Waals surface area contributed by atoms with Crippen LogP contribution in [0.25, 0.3) is 0 Å². The van der Waals surface area contributed by atoms with Gasteiger partial charge in [-0.05, 0) is 31.1 Å². The maximum atomic E-state index is 5.51. The summed E-state index contributed by atoms with van der Waals surface area (Å²) in [6.07, 6.45) is 0. The van der Waals surface area contributed by atoms with Gasteiger partial charge in [0.1, 0.15) is 0 Å². The third-order valence-electron chi connectivity index (χ3n) is 2.24. The second-order valence-electron chi connectivity index (χ2n) is 5.35. The number of nitrogens with zero attached hydrogens (tertiary/aromatic N) is 1. The summed E-state index contributed by atoms with van der Waals surface area (Å²) < 4.78 is 33.7. The average molecular weight is 457 g/mol. The van der Waals surface area contributed by atoms with Crippen LogP contribution in [0.4, 0.5) is 0 Å². The minimum atomic E-state index is -0.993. The summed E-state index contributed by atoms with van der Waals surface area (Å²) in [5.41, 5.74) is 5.11. The monoisotopic (exact) mass is 456 g/mol. The van der Waals surface area contributed by atoms with Crippen LogP contribution >= 0.6 is 36.0 Å². The summed E-state index contributed by atoms with van der Waals surface area (Å²) in [5.74, 6) is 0. The molecular weight excluding hydrogens is 421 g/mol. The Morgan fingerprint density at radius 1 is 0.731 bits per heavy atom. The van der Waals surface area contributed by atoms with E-state index < -0.39 is 24.8 Å². The Balaban J connectivity index is 0. The highest BCUT2D eigenvalue weighted by molar-refractivity contribution is 7.76. The summed E-state index contributed by atoms with van der Waals surface area (Å²) in [7, 11) is -2.89. The van der Waals surface area contributed by atoms with Crippen LogP contribution in [0.2, 0.25) is 0 Å². The molecule has 3 aliphatic rings. The van der Waals surface area contributed by atoms with Crippen molar-refractivity contribution in [1.82, 2.24) is 4.44 Å². The van der Waals surface area contributed by atoms with Crippen molar-refractivity contribution in [2.24, 2.45) is 5.73 Å². The number of rotatable bonds is 3. The Bertz CT molecular complexity index is 300. The first-order valence-electron chi connectivity index (χ1n) is 7.80. The normalized spacial score (nSPS) is 21.1. The molecule has 0 unspecified atom stereocenters. The van der Waals surface area contributed by atoms with Crippen molar-refractivity contribution in [3.63, 3.8) is 0 Å². The Morgan fingerprint density at radius 3 is 1.19 bits per heavy atom. The molecule has 0 aromatic heterocycles. The third kappa shape index (κ3) is 12.7. The second-order valence-corrected chi connectivity index (χ2v) is 10.3. The minimum Gasteiger partial charge on any atom is -0.328 e. The van der Waals surface area contributed by atoms with Crippen LogP contribution in [0.5, 0.6) is 0 Å². The standard InChI is InChI=1S/C7H15NO4P2.C3H9N.C2H4ClO2P.2CH4/c1-7(2)8(13-9-3-4-10-13)14-11-5-6-12-14;1-3(2)4;3-6-4-1-2-5-6;;/h7H,3-6H2,1-2H3;3H,4H2,1-2H3;1-2H2;2*1H4. The predicted octanol–water partition coefficient (Wildman–Crippen LogP) is 5.37. The molecule has 160 valence electrons. The SMILES string of the molecule is C.C.CC(C)N.CC(C)N(P1OCCO1)P1OCCO1.ClP1OCCO1. The van der Waals surface area contributed by atoms with Crippen molar-refractivity contribution >= 4 is 36.0 Å². The number of halogens is 1. The molecule has 0 radical (unpaired) electrons. The second kappa shape index (κ2) is 17.1. The van der Waals surface area contributed by atoms with Gasteiger partial charge in [0.15, 0.2) is 0 Å². The van der Waals surface area contributed by atoms with Crippen molar-refractivity contribution < 1.29 is 27.1 Å². The molecule has 12 heteroatoms. The molecule has 0 aromatic rings. The van der Waals surface area contributed by atoms with Crippen LogP contribution in [0, 0.1) is 0 Å². The molecule has 0 aromatic carbocycles. The lowest BCUT2D eigenvalue weighted by Crippen LogP contribution is -2.21. The molecule has 26 heavy (non-hydrogen) atoms. The van der Waals surface area contributed by atoms with Crippen molar-refractivity contribution in [1.29, 1.82) is 0 Å². The van der Waals surface area contributed by atoms with E-state index in [2.05, 4.69) is 18.3 Å². The van der Waals surface area contributed by atoms with Crippen LogP contribution in [0.3, 0.4) is 0 Å². The van der Waals surface area contributed by atoms with E-state index >= 15 is 0 Å². The fraction of sp³-hybridized carbons (Fsp3) is 1.00. The lowest BCUT2D eigenvalue weighted by Gasteiger charge is -2.30. The quantitative estimate of drug-likeness (QED) is 0.567. The topological polar surface area (TPSA) is 84.6 Å². The molecular formula is C14H36ClN2O6P3. The van der Waals surface area contributed by atoms with E-state index in [4.69, 9.17) is 44.1 Å². The number of hydrogen-bond donors (Lipinski definition) is 1. The van der Waals surface area contributed by atoms with E-state index in [-0.39, 0.29) is 14.9 Å². The lowest BCUT2D eigenvalue weighted by atomic mass is 10.4. The molecule has 0 bridgehead atoms. The highest BCUT2D eigenvalue weighted by Crippen LogP contribution is 2.62. The molecule has 3 aliphatic heterocycles. The van der Waals surface area contributed by atoms with Gasteiger partial charge in [-0.15, -0.1) is 0 Å². The van der Waals surface area contributed by atoms with Gasteiger partial charge >= 0.3 is 0 Å². The van der Waals surface area contributed by atoms with Gasteiger partial charge in [0.2, 0.25) is 0 Å². The van der Waals surface area contributed by atoms with Crippen molar-refractivity contribution in [2.45, 2.75) is 54.6 Å². The molecule has 0 spiro atoms. The highest BCUT2D eigenvalue weighted by atomic mass is 35.7. The number of hydrogen-bond acceptors (Lipinski definition) is 8. The van der Waals surface area contributed by atoms with Gasteiger partial charge in [-0.3, -0.25) is 0 Å². The molecule has 0 atom stereocenters. The van der Waals surface area contributed by atoms with Crippen molar-refractivity contribution in [3.05, 3.63) is 0 Å².